The van der Waals surface area contributed by atoms with Crippen LogP contribution in [0, 0.1) is 49.0 Å². The molecule has 1 rings (SSSR count). The maximum absolute atomic E-state index is 9.58. The van der Waals surface area contributed by atoms with Crippen molar-refractivity contribution in [1.29, 1.82) is 0 Å². The van der Waals surface area contributed by atoms with Crippen molar-refractivity contribution in [2.24, 2.45) is 0 Å². The molecule has 0 unspecified atom stereocenters. The monoisotopic (exact) mass is 648 g/mol. The van der Waals surface area contributed by atoms with Gasteiger partial charge in [0.2, 0.25) is 0 Å². The molecule has 0 aromatic rings. The van der Waals surface area contributed by atoms with Crippen LogP contribution in [0.3, 0.4) is 0 Å². The Bertz CT molecular complexity index is 199. The predicted octanol–water partition coefficient (Wildman–Crippen LogP) is 7.12. The standard InChI is InChI=1S/C8H19N4.4CF3.3CH3.3ClH.Ti/c1-2-10-5-6-12-8-7-11-4-3-9-1;4*2-1(3)4;;;;;;;/h9-11H,1-8H2;;;;;3*1H3;3*1H;/q8*-1;;;;. The summed E-state index contributed by atoms with van der Waals surface area (Å²) in [6, 6.07) is 0. The Morgan fingerprint density at radius 3 is 0.714 bits per heavy atom. The van der Waals surface area contributed by atoms with Crippen molar-refractivity contribution in [3.63, 3.8) is 0 Å². The van der Waals surface area contributed by atoms with Gasteiger partial charge in [-0.3, -0.25) is 0 Å². The summed E-state index contributed by atoms with van der Waals surface area (Å²) in [7, 11) is 0. The van der Waals surface area contributed by atoms with E-state index in [1.54, 1.807) is 0 Å². The molecule has 1 aliphatic heterocycles. The van der Waals surface area contributed by atoms with Gasteiger partial charge in [-0.05, 0) is 13.1 Å². The fourth-order valence-corrected chi connectivity index (χ4v) is 1.16. The van der Waals surface area contributed by atoms with Gasteiger partial charge in [-0.2, -0.15) is 0 Å². The van der Waals surface area contributed by atoms with E-state index in [-0.39, 0.29) is 81.2 Å². The SMILES string of the molecule is C1CNCCNCCNCC[N-]1.Cl.Cl.Cl.F[C-](F)F.F[C-](F)F.F[C-](F)F.F[C-](F)F.[CH3-].[CH3-].[CH3-].[Ti]. The van der Waals surface area contributed by atoms with E-state index >= 15 is 0 Å². The van der Waals surface area contributed by atoms with Gasteiger partial charge in [0, 0.05) is 47.9 Å². The molecule has 0 amide bonds. The van der Waals surface area contributed by atoms with Crippen LogP contribution in [0.15, 0.2) is 0 Å². The molecular weight excluding hydrogens is 618 g/mol. The topological polar surface area (TPSA) is 50.2 Å². The summed E-state index contributed by atoms with van der Waals surface area (Å²) >= 11 is 0. The molecule has 0 saturated carbocycles. The Balaban J connectivity index is -0.0000000242. The van der Waals surface area contributed by atoms with Crippen LogP contribution in [-0.4, -0.2) is 52.4 Å². The number of nitrogens with one attached hydrogen (secondary N) is 3. The van der Waals surface area contributed by atoms with E-state index in [4.69, 9.17) is 0 Å². The van der Waals surface area contributed by atoms with E-state index in [2.05, 4.69) is 21.3 Å². The van der Waals surface area contributed by atoms with E-state index in [1.165, 1.54) is 0 Å². The minimum absolute atomic E-state index is 0. The van der Waals surface area contributed by atoms with Gasteiger partial charge in [0.15, 0.2) is 26.7 Å². The molecule has 1 saturated heterocycles. The molecule has 1 aliphatic rings. The van der Waals surface area contributed by atoms with Crippen LogP contribution in [-0.2, 0) is 21.7 Å². The second-order valence-corrected chi connectivity index (χ2v) is 3.78. The molecule has 0 aromatic heterocycles. The maximum Gasteiger partial charge on any atom is 0.154 e. The Kier molecular flexibility index (Phi) is 130. The van der Waals surface area contributed by atoms with Crippen molar-refractivity contribution in [3.8, 4) is 0 Å². The summed E-state index contributed by atoms with van der Waals surface area (Å²) in [5.74, 6) is 0. The van der Waals surface area contributed by atoms with Gasteiger partial charge in [-0.1, -0.05) is 0 Å². The van der Waals surface area contributed by atoms with Crippen molar-refractivity contribution in [1.82, 2.24) is 16.0 Å². The van der Waals surface area contributed by atoms with Crippen molar-refractivity contribution in [3.05, 3.63) is 54.3 Å². The average molecular weight is 650 g/mol. The number of hydrogen-bond acceptors (Lipinski definition) is 3. The summed E-state index contributed by atoms with van der Waals surface area (Å²) in [5, 5.41) is 14.4. The van der Waals surface area contributed by atoms with E-state index in [9.17, 15) is 52.7 Å². The fraction of sp³-hybridized carbons (Fsp3) is 0.533. The van der Waals surface area contributed by atoms with Crippen LogP contribution < -0.4 is 16.0 Å². The zero-order valence-electron chi connectivity index (χ0n) is 18.9. The van der Waals surface area contributed by atoms with Crippen LogP contribution in [0.5, 0.6) is 0 Å². The van der Waals surface area contributed by atoms with E-state index in [0.29, 0.717) is 0 Å². The second kappa shape index (κ2) is 64.5. The number of hydrogen-bond donors (Lipinski definition) is 3. The van der Waals surface area contributed by atoms with E-state index in [0.717, 1.165) is 52.4 Å². The Morgan fingerprint density at radius 1 is 0.400 bits per heavy atom. The first-order chi connectivity index (χ1) is 12.9. The average Bonchev–Trinajstić information content (AvgIpc) is 2.45. The van der Waals surface area contributed by atoms with E-state index < -0.39 is 26.7 Å². The largest absolute Gasteiger partial charge is 0.660 e. The Hall–Kier alpha value is 0.584. The maximum atomic E-state index is 9.58. The third-order valence-corrected chi connectivity index (χ3v) is 1.85. The van der Waals surface area contributed by atoms with Crippen molar-refractivity contribution >= 4 is 37.2 Å². The van der Waals surface area contributed by atoms with Gasteiger partial charge in [0.05, 0.1) is 0 Å². The van der Waals surface area contributed by atoms with Crippen LogP contribution in [0.25, 0.3) is 5.32 Å². The third-order valence-electron chi connectivity index (χ3n) is 1.85. The second-order valence-electron chi connectivity index (χ2n) is 3.78. The van der Waals surface area contributed by atoms with Crippen molar-refractivity contribution < 1.29 is 74.4 Å². The number of rotatable bonds is 0. The normalized spacial score (nSPS) is 12.3. The quantitative estimate of drug-likeness (QED) is 0.149. The van der Waals surface area contributed by atoms with Crippen molar-refractivity contribution in [2.45, 2.75) is 0 Å². The molecule has 0 aliphatic carbocycles. The molecule has 0 bridgehead atoms. The molecule has 0 spiro atoms. The molecule has 0 atom stereocenters. The first-order valence-corrected chi connectivity index (χ1v) is 7.02. The number of nitrogens with zero attached hydrogens (tertiary/aromatic N) is 1. The molecular formula is C15H31Cl3F12N4Ti-8. The summed E-state index contributed by atoms with van der Waals surface area (Å²) in [6.45, 7) is -4.19. The molecule has 228 valence electrons. The molecule has 20 heteroatoms. The summed E-state index contributed by atoms with van der Waals surface area (Å²) in [4.78, 5) is 0. The zero-order valence-corrected chi connectivity index (χ0v) is 22.9. The summed E-state index contributed by atoms with van der Waals surface area (Å²) in [5.41, 5.74) is 0. The number of halogens is 15. The molecule has 4 nitrogen and oxygen atoms in total. The molecule has 3 N–H and O–H groups in total. The minimum atomic E-state index is -3.08. The fourth-order valence-electron chi connectivity index (χ4n) is 1.16. The van der Waals surface area contributed by atoms with Gasteiger partial charge in [-0.15, -0.1) is 50.3 Å². The summed E-state index contributed by atoms with van der Waals surface area (Å²) < 4.78 is 115. The van der Waals surface area contributed by atoms with Crippen LogP contribution in [0.1, 0.15) is 0 Å². The van der Waals surface area contributed by atoms with Gasteiger partial charge in [0.1, 0.15) is 0 Å². The molecule has 35 heavy (non-hydrogen) atoms. The Labute approximate surface area is 234 Å². The zero-order chi connectivity index (χ0) is 22.8. The molecule has 0 aromatic carbocycles. The molecule has 0 radical (unpaired) electrons. The van der Waals surface area contributed by atoms with Crippen LogP contribution in [0.4, 0.5) is 52.7 Å². The van der Waals surface area contributed by atoms with Gasteiger partial charge in [0.25, 0.3) is 0 Å². The summed E-state index contributed by atoms with van der Waals surface area (Å²) in [6.07, 6.45) is 0. The van der Waals surface area contributed by atoms with Gasteiger partial charge >= 0.3 is 0 Å². The minimum Gasteiger partial charge on any atom is -0.660 e. The predicted molar refractivity (Wildman–Crippen MR) is 119 cm³/mol. The smallest absolute Gasteiger partial charge is 0.154 e. The van der Waals surface area contributed by atoms with Gasteiger partial charge in [-0.25, -0.2) is 0 Å². The molecule has 1 heterocycles. The first-order valence-electron chi connectivity index (χ1n) is 7.02. The third kappa shape index (κ3) is 232. The van der Waals surface area contributed by atoms with Gasteiger partial charge < -0.3 is 96.2 Å². The Morgan fingerprint density at radius 2 is 0.543 bits per heavy atom. The first kappa shape index (κ1) is 70.4. The van der Waals surface area contributed by atoms with Crippen LogP contribution in [0.2, 0.25) is 0 Å². The molecule has 1 fully saturated rings. The van der Waals surface area contributed by atoms with Crippen molar-refractivity contribution in [2.75, 3.05) is 52.4 Å². The van der Waals surface area contributed by atoms with E-state index in [1.807, 2.05) is 0 Å². The van der Waals surface area contributed by atoms with Crippen LogP contribution >= 0.6 is 37.2 Å².